The van der Waals surface area contributed by atoms with Gasteiger partial charge in [0.15, 0.2) is 11.2 Å². The number of rotatable bonds is 8. The first-order chi connectivity index (χ1) is 32.3. The molecule has 0 saturated carbocycles. The van der Waals surface area contributed by atoms with Crippen LogP contribution in [0.25, 0.3) is 76.2 Å². The molecule has 66 heavy (non-hydrogen) atoms. The molecule has 1 unspecified atom stereocenters. The quantitative estimate of drug-likeness (QED) is 0.142. The summed E-state index contributed by atoms with van der Waals surface area (Å²) in [6.45, 7) is 8.61. The number of hydrogen-bond acceptors (Lipinski definition) is 6. The highest BCUT2D eigenvalue weighted by Crippen LogP contribution is 2.53. The summed E-state index contributed by atoms with van der Waals surface area (Å²) < 4.78 is 13.5. The third kappa shape index (κ3) is 5.86. The summed E-state index contributed by atoms with van der Waals surface area (Å²) in [5, 5.41) is 31.4. The number of nitriles is 2. The van der Waals surface area contributed by atoms with Gasteiger partial charge in [-0.05, 0) is 125 Å². The van der Waals surface area contributed by atoms with Crippen LogP contribution in [0.3, 0.4) is 0 Å². The summed E-state index contributed by atoms with van der Waals surface area (Å²) in [7, 11) is 0. The minimum Gasteiger partial charge on any atom is -0.454 e. The molecule has 0 aliphatic carbocycles. The molecule has 6 heteroatoms. The predicted molar refractivity (Wildman–Crippen MR) is 272 cm³/mol. The Morgan fingerprint density at radius 1 is 0.439 bits per heavy atom. The van der Waals surface area contributed by atoms with Crippen LogP contribution in [0.15, 0.2) is 179 Å². The van der Waals surface area contributed by atoms with E-state index in [1.807, 2.05) is 61.5 Å². The molecule has 0 radical (unpaired) electrons. The van der Waals surface area contributed by atoms with Gasteiger partial charge in [0, 0.05) is 43.7 Å². The Labute approximate surface area is 381 Å². The van der Waals surface area contributed by atoms with Crippen molar-refractivity contribution in [2.24, 2.45) is 0 Å². The predicted octanol–water partition coefficient (Wildman–Crippen LogP) is 17.3. The van der Waals surface area contributed by atoms with Gasteiger partial charge in [-0.1, -0.05) is 116 Å². The zero-order chi connectivity index (χ0) is 44.8. The highest BCUT2D eigenvalue weighted by Gasteiger charge is 2.29. The van der Waals surface area contributed by atoms with E-state index >= 15 is 0 Å². The van der Waals surface area contributed by atoms with Crippen molar-refractivity contribution in [1.82, 2.24) is 0 Å². The fraction of sp³-hybridized carbons (Fsp3) is 0.100. The lowest BCUT2D eigenvalue weighted by molar-refractivity contribution is 0.668. The standard InChI is InChI=1S/C60H42N4O2/c1-35(2)49-31-53(64(40-25-21-38(34-62)22-26-40)52-16-10-14-46-42-12-6-8-18-56(42)66-60(46)52)47-30-28-44-50(37(4)33-61)32-54(48-29-27-43(49)57(47)58(44)48)63(39-23-19-36(3)20-24-39)51-15-9-13-45-41-11-5-7-17-55(41)65-59(45)51/h5-32,35,37H,1-4H3. The van der Waals surface area contributed by atoms with Crippen LogP contribution in [0.2, 0.25) is 0 Å². The minimum atomic E-state index is -0.417. The molecule has 314 valence electrons. The van der Waals surface area contributed by atoms with Gasteiger partial charge in [0.05, 0.1) is 46.4 Å². The molecule has 6 nitrogen and oxygen atoms in total. The summed E-state index contributed by atoms with van der Waals surface area (Å²) in [6.07, 6.45) is 0. The summed E-state index contributed by atoms with van der Waals surface area (Å²) in [6, 6.07) is 64.1. The van der Waals surface area contributed by atoms with Crippen molar-refractivity contribution in [3.05, 3.63) is 192 Å². The van der Waals surface area contributed by atoms with E-state index in [2.05, 4.69) is 158 Å². The number of aryl methyl sites for hydroxylation is 1. The second kappa shape index (κ2) is 15.0. The van der Waals surface area contributed by atoms with Gasteiger partial charge in [-0.25, -0.2) is 0 Å². The van der Waals surface area contributed by atoms with E-state index in [9.17, 15) is 10.5 Å². The zero-order valence-electron chi connectivity index (χ0n) is 36.9. The Morgan fingerprint density at radius 2 is 0.894 bits per heavy atom. The Morgan fingerprint density at radius 3 is 1.39 bits per heavy atom. The number of fused-ring (bicyclic) bond motifs is 6. The Bertz CT molecular complexity index is 3980. The molecule has 10 aromatic carbocycles. The van der Waals surface area contributed by atoms with Crippen molar-refractivity contribution in [3.8, 4) is 12.1 Å². The largest absolute Gasteiger partial charge is 0.454 e. The molecular weight excluding hydrogens is 809 g/mol. The molecule has 0 aliphatic rings. The third-order valence-electron chi connectivity index (χ3n) is 13.5. The second-order valence-electron chi connectivity index (χ2n) is 17.7. The third-order valence-corrected chi connectivity index (χ3v) is 13.5. The molecule has 0 fully saturated rings. The maximum Gasteiger partial charge on any atom is 0.159 e. The first-order valence-corrected chi connectivity index (χ1v) is 22.5. The van der Waals surface area contributed by atoms with Crippen molar-refractivity contribution >= 4 is 110 Å². The number of para-hydroxylation sites is 4. The van der Waals surface area contributed by atoms with E-state index in [4.69, 9.17) is 8.83 Å². The van der Waals surface area contributed by atoms with Gasteiger partial charge >= 0.3 is 0 Å². The van der Waals surface area contributed by atoms with Crippen LogP contribution in [-0.4, -0.2) is 0 Å². The van der Waals surface area contributed by atoms with Gasteiger partial charge < -0.3 is 18.6 Å². The lowest BCUT2D eigenvalue weighted by Gasteiger charge is -2.31. The summed E-state index contributed by atoms with van der Waals surface area (Å²) in [4.78, 5) is 4.61. The van der Waals surface area contributed by atoms with E-state index < -0.39 is 5.92 Å². The molecule has 2 heterocycles. The number of hydrogen-bond donors (Lipinski definition) is 0. The lowest BCUT2D eigenvalue weighted by Crippen LogP contribution is -2.13. The molecule has 0 spiro atoms. The van der Waals surface area contributed by atoms with Crippen molar-refractivity contribution in [2.75, 3.05) is 9.80 Å². The van der Waals surface area contributed by atoms with Crippen LogP contribution < -0.4 is 9.80 Å². The van der Waals surface area contributed by atoms with E-state index in [1.54, 1.807) is 0 Å². The van der Waals surface area contributed by atoms with Gasteiger partial charge in [0.25, 0.3) is 0 Å². The van der Waals surface area contributed by atoms with Gasteiger partial charge in [-0.15, -0.1) is 0 Å². The Balaban J connectivity index is 1.22. The van der Waals surface area contributed by atoms with E-state index in [0.717, 1.165) is 121 Å². The van der Waals surface area contributed by atoms with Crippen LogP contribution in [-0.2, 0) is 0 Å². The van der Waals surface area contributed by atoms with Gasteiger partial charge in [0.1, 0.15) is 11.2 Å². The topological polar surface area (TPSA) is 80.3 Å². The minimum absolute atomic E-state index is 0.157. The van der Waals surface area contributed by atoms with Crippen molar-refractivity contribution < 1.29 is 8.83 Å². The van der Waals surface area contributed by atoms with Crippen molar-refractivity contribution in [3.63, 3.8) is 0 Å². The lowest BCUT2D eigenvalue weighted by atomic mass is 9.84. The Hall–Kier alpha value is -8.58. The molecule has 0 amide bonds. The van der Waals surface area contributed by atoms with Crippen LogP contribution in [0.1, 0.15) is 54.9 Å². The first kappa shape index (κ1) is 39.0. The maximum atomic E-state index is 10.7. The summed E-state index contributed by atoms with van der Waals surface area (Å²) >= 11 is 0. The molecule has 12 aromatic rings. The first-order valence-electron chi connectivity index (χ1n) is 22.5. The number of furan rings is 2. The average molecular weight is 851 g/mol. The molecular formula is C60H42N4O2. The van der Waals surface area contributed by atoms with Gasteiger partial charge in [0.2, 0.25) is 0 Å². The van der Waals surface area contributed by atoms with Crippen LogP contribution in [0, 0.1) is 29.6 Å². The SMILES string of the molecule is Cc1ccc(N(c2cc(C(C)C#N)c3ccc4c(N(c5ccc(C#N)cc5)c5cccc6c5oc5ccccc56)cc(C(C)C)c5ccc2c3c54)c2cccc3c2oc2ccccc23)cc1. The average Bonchev–Trinajstić information content (AvgIpc) is 3.94. The highest BCUT2D eigenvalue weighted by atomic mass is 16.3. The van der Waals surface area contributed by atoms with E-state index in [0.29, 0.717) is 5.56 Å². The normalized spacial score (nSPS) is 12.3. The smallest absolute Gasteiger partial charge is 0.159 e. The second-order valence-corrected chi connectivity index (χ2v) is 17.7. The molecule has 2 aromatic heterocycles. The van der Waals surface area contributed by atoms with Gasteiger partial charge in [-0.3, -0.25) is 0 Å². The molecule has 0 bridgehead atoms. The molecule has 0 aliphatic heterocycles. The monoisotopic (exact) mass is 850 g/mol. The van der Waals surface area contributed by atoms with Gasteiger partial charge in [-0.2, -0.15) is 10.5 Å². The molecule has 1 atom stereocenters. The van der Waals surface area contributed by atoms with E-state index in [-0.39, 0.29) is 5.92 Å². The maximum absolute atomic E-state index is 10.7. The van der Waals surface area contributed by atoms with Crippen LogP contribution in [0.5, 0.6) is 0 Å². The summed E-state index contributed by atoms with van der Waals surface area (Å²) in [5.74, 6) is -0.259. The molecule has 0 N–H and O–H groups in total. The fourth-order valence-electron chi connectivity index (χ4n) is 10.3. The highest BCUT2D eigenvalue weighted by molar-refractivity contribution is 6.30. The van der Waals surface area contributed by atoms with Crippen LogP contribution in [0.4, 0.5) is 34.1 Å². The van der Waals surface area contributed by atoms with Crippen molar-refractivity contribution in [1.29, 1.82) is 10.5 Å². The number of nitrogens with zero attached hydrogens (tertiary/aromatic N) is 4. The van der Waals surface area contributed by atoms with Crippen LogP contribution >= 0.6 is 0 Å². The number of benzene rings is 10. The summed E-state index contributed by atoms with van der Waals surface area (Å²) in [5.41, 5.74) is 12.7. The zero-order valence-corrected chi connectivity index (χ0v) is 36.9. The molecule has 0 saturated heterocycles. The number of anilines is 6. The Kier molecular flexibility index (Phi) is 8.88. The van der Waals surface area contributed by atoms with E-state index in [1.165, 1.54) is 5.56 Å². The van der Waals surface area contributed by atoms with Crippen molar-refractivity contribution in [2.45, 2.75) is 39.5 Å². The molecule has 12 rings (SSSR count). The fourth-order valence-corrected chi connectivity index (χ4v) is 10.3.